The van der Waals surface area contributed by atoms with E-state index in [-0.39, 0.29) is 24.5 Å². The van der Waals surface area contributed by atoms with Gasteiger partial charge in [-0.05, 0) is 73.8 Å². The molecule has 65 heavy (non-hydrogen) atoms. The minimum absolute atomic E-state index is 0.0958. The van der Waals surface area contributed by atoms with Crippen molar-refractivity contribution in [1.29, 1.82) is 0 Å². The van der Waals surface area contributed by atoms with E-state index in [0.29, 0.717) is 30.4 Å². The number of hydrogen-bond acceptors (Lipinski definition) is 15. The Balaban J connectivity index is 1.34. The molecule has 2 aromatic rings. The molecule has 1 unspecified atom stereocenters. The quantitative estimate of drug-likeness (QED) is 0.126. The van der Waals surface area contributed by atoms with Gasteiger partial charge in [0.05, 0.1) is 23.3 Å². The van der Waals surface area contributed by atoms with Crippen molar-refractivity contribution in [3.05, 3.63) is 83.9 Å². The maximum Gasteiger partial charge on any atom is 0.338 e. The molecule has 0 amide bonds. The first-order valence-corrected chi connectivity index (χ1v) is 23.1. The van der Waals surface area contributed by atoms with Gasteiger partial charge in [0.25, 0.3) is 0 Å². The summed E-state index contributed by atoms with van der Waals surface area (Å²) in [5, 5.41) is 14.6. The third-order valence-electron chi connectivity index (χ3n) is 15.7. The monoisotopic (exact) mass is 900 g/mol. The third kappa shape index (κ3) is 7.05. The summed E-state index contributed by atoms with van der Waals surface area (Å²) in [5.74, 6) is -9.72. The first-order chi connectivity index (χ1) is 30.9. The molecule has 0 aromatic heterocycles. The van der Waals surface area contributed by atoms with Crippen LogP contribution in [-0.4, -0.2) is 107 Å². The van der Waals surface area contributed by atoms with Gasteiger partial charge < -0.3 is 47.7 Å². The van der Waals surface area contributed by atoms with Gasteiger partial charge in [0.2, 0.25) is 0 Å². The van der Waals surface area contributed by atoms with E-state index >= 15 is 0 Å². The highest BCUT2D eigenvalue weighted by molar-refractivity contribution is 5.90. The molecule has 4 saturated heterocycles. The molecule has 2 aromatic carbocycles. The Labute approximate surface area is 378 Å². The number of carbonyl (C=O) groups is 5. The summed E-state index contributed by atoms with van der Waals surface area (Å²) in [6.45, 7) is 13.3. The smallest absolute Gasteiger partial charge is 0.338 e. The Hall–Kier alpha value is -4.67. The summed E-state index contributed by atoms with van der Waals surface area (Å²) in [6.07, 6.45) is -1.95. The molecule has 4 aliphatic heterocycles. The number of benzene rings is 2. The van der Waals surface area contributed by atoms with E-state index in [1.807, 2.05) is 13.8 Å². The van der Waals surface area contributed by atoms with Crippen molar-refractivity contribution in [3.63, 3.8) is 0 Å². The molecule has 15 nitrogen and oxygen atoms in total. The lowest BCUT2D eigenvalue weighted by Gasteiger charge is -2.62. The number of rotatable bonds is 10. The van der Waals surface area contributed by atoms with E-state index in [1.54, 1.807) is 60.7 Å². The number of carbonyl (C=O) groups excluding carboxylic acids is 5. The summed E-state index contributed by atoms with van der Waals surface area (Å²) in [6, 6.07) is 17.0. The molecule has 3 bridgehead atoms. The van der Waals surface area contributed by atoms with Gasteiger partial charge in [-0.1, -0.05) is 82.5 Å². The molecule has 3 aliphatic carbocycles. The van der Waals surface area contributed by atoms with Crippen molar-refractivity contribution >= 4 is 29.8 Å². The van der Waals surface area contributed by atoms with Gasteiger partial charge in [-0.3, -0.25) is 14.4 Å². The molecule has 9 rings (SSSR count). The van der Waals surface area contributed by atoms with Crippen molar-refractivity contribution < 1.29 is 71.7 Å². The highest BCUT2D eigenvalue weighted by Crippen LogP contribution is 2.76. The van der Waals surface area contributed by atoms with Gasteiger partial charge in [0, 0.05) is 38.5 Å². The molecule has 15 heteroatoms. The lowest BCUT2D eigenvalue weighted by molar-refractivity contribution is -0.459. The van der Waals surface area contributed by atoms with E-state index < -0.39 is 125 Å². The van der Waals surface area contributed by atoms with Crippen molar-refractivity contribution in [2.75, 3.05) is 13.2 Å². The van der Waals surface area contributed by atoms with Crippen molar-refractivity contribution in [3.8, 4) is 0 Å². The normalized spacial score (nSPS) is 42.0. The van der Waals surface area contributed by atoms with Gasteiger partial charge in [0.15, 0.2) is 17.8 Å². The number of hydrogen-bond donors (Lipinski definition) is 1. The van der Waals surface area contributed by atoms with Crippen LogP contribution in [0.25, 0.3) is 0 Å². The van der Waals surface area contributed by atoms with Crippen LogP contribution in [0.15, 0.2) is 72.8 Å². The number of ether oxygens (including phenoxy) is 9. The average Bonchev–Trinajstić information content (AvgIpc) is 3.89. The van der Waals surface area contributed by atoms with Crippen molar-refractivity contribution in [1.82, 2.24) is 0 Å². The van der Waals surface area contributed by atoms with Crippen LogP contribution in [-0.2, 0) is 57.0 Å². The molecule has 3 saturated carbocycles. The van der Waals surface area contributed by atoms with Crippen molar-refractivity contribution in [2.45, 2.75) is 145 Å². The van der Waals surface area contributed by atoms with E-state index in [2.05, 4.69) is 13.5 Å². The molecule has 7 fully saturated rings. The summed E-state index contributed by atoms with van der Waals surface area (Å²) in [4.78, 5) is 67.9. The highest BCUT2D eigenvalue weighted by atomic mass is 16.9. The van der Waals surface area contributed by atoms with Crippen LogP contribution in [0.5, 0.6) is 0 Å². The van der Waals surface area contributed by atoms with Crippen LogP contribution in [0, 0.1) is 35.5 Å². The fourth-order valence-corrected chi connectivity index (χ4v) is 13.3. The Morgan fingerprint density at radius 2 is 1.37 bits per heavy atom. The molecule has 4 heterocycles. The molecule has 1 N–H and O–H groups in total. The lowest BCUT2D eigenvalue weighted by atomic mass is 9.51. The van der Waals surface area contributed by atoms with E-state index in [9.17, 15) is 29.1 Å². The molecular weight excluding hydrogens is 841 g/mol. The van der Waals surface area contributed by atoms with Crippen LogP contribution < -0.4 is 0 Å². The number of epoxide rings is 1. The summed E-state index contributed by atoms with van der Waals surface area (Å²) < 4.78 is 60.2. The lowest BCUT2D eigenvalue weighted by Crippen LogP contribution is -2.75. The van der Waals surface area contributed by atoms with E-state index in [0.717, 1.165) is 19.3 Å². The van der Waals surface area contributed by atoms with Crippen molar-refractivity contribution in [2.24, 2.45) is 35.5 Å². The van der Waals surface area contributed by atoms with Crippen LogP contribution in [0.4, 0.5) is 0 Å². The third-order valence-corrected chi connectivity index (χ3v) is 15.7. The SMILES string of the molecule is C=C(C)[C@]12C[C@@H](COC(=O)c3ccccc3)[C@@]34OC5(O[C@@H]1[C@@H]3[C@@H]1O[C@]1(COC(C)=O)[C@@H](OC(C)=O)[C@@]1(O)[C@H]4[C@H]([C@H](C)[C@@H]1OC(=O)c1ccccc1)[C@H](C)CCCCCC[C@H]5OC(C)=O)O2. The first-order valence-electron chi connectivity index (χ1n) is 23.1. The standard InChI is InChI=1S/C50H60O15/c1-27(2)46-24-35(25-57-43(54)33-19-13-10-14-20-33)49-38-41(46)63-50(64-46,65-49)36(59-31(6)52)23-17-9-8-12-18-28(3)37-29(4)40(61-44(55)34-21-15-11-16-22-34)48(56,39(37)49)45(60-32(7)53)47(42(38)62-47)26-58-30(5)51/h10-11,13-16,19-22,28-29,35-42,45,56H,1,8-9,12,17-18,23-26H2,2-7H3/t28-,29+,35+,36-,37+,38-,39-,40+,41-,42+,45-,46-,47+,48-,49-,50?/m1/s1. The second-order valence-corrected chi connectivity index (χ2v) is 19.6. The molecule has 350 valence electrons. The van der Waals surface area contributed by atoms with E-state index in [4.69, 9.17) is 42.6 Å². The number of aliphatic hydroxyl groups is 1. The zero-order chi connectivity index (χ0) is 46.3. The largest absolute Gasteiger partial charge is 0.463 e. The van der Waals surface area contributed by atoms with Gasteiger partial charge >= 0.3 is 35.8 Å². The molecule has 7 aliphatic rings. The summed E-state index contributed by atoms with van der Waals surface area (Å²) >= 11 is 0. The molecule has 0 radical (unpaired) electrons. The fourth-order valence-electron chi connectivity index (χ4n) is 13.3. The van der Waals surface area contributed by atoms with E-state index in [1.165, 1.54) is 20.8 Å². The number of esters is 5. The first kappa shape index (κ1) is 45.5. The zero-order valence-corrected chi connectivity index (χ0v) is 37.9. The van der Waals surface area contributed by atoms with Crippen LogP contribution >= 0.6 is 0 Å². The summed E-state index contributed by atoms with van der Waals surface area (Å²) in [5.41, 5.74) is -6.11. The van der Waals surface area contributed by atoms with Gasteiger partial charge in [-0.15, -0.1) is 0 Å². The van der Waals surface area contributed by atoms with Gasteiger partial charge in [0.1, 0.15) is 36.1 Å². The summed E-state index contributed by atoms with van der Waals surface area (Å²) in [7, 11) is 0. The Kier molecular flexibility index (Phi) is 11.6. The Bertz CT molecular complexity index is 2220. The molecule has 2 spiro atoms. The Morgan fingerprint density at radius 3 is 1.98 bits per heavy atom. The maximum atomic E-state index is 14.6. The fraction of sp³-hybridized carbons (Fsp3) is 0.620. The number of fused-ring (bicyclic) bond motifs is 1. The highest BCUT2D eigenvalue weighted by Gasteiger charge is 2.92. The average molecular weight is 901 g/mol. The predicted octanol–water partition coefficient (Wildman–Crippen LogP) is 6.04. The zero-order valence-electron chi connectivity index (χ0n) is 37.9. The maximum absolute atomic E-state index is 14.6. The van der Waals surface area contributed by atoms with Gasteiger partial charge in [-0.2, -0.15) is 0 Å². The minimum Gasteiger partial charge on any atom is -0.463 e. The van der Waals surface area contributed by atoms with Crippen LogP contribution in [0.2, 0.25) is 0 Å². The minimum atomic E-state index is -2.36. The molecule has 16 atom stereocenters. The van der Waals surface area contributed by atoms with Gasteiger partial charge in [-0.25, -0.2) is 9.59 Å². The Morgan fingerprint density at radius 1 is 0.738 bits per heavy atom. The second kappa shape index (κ2) is 16.6. The van der Waals surface area contributed by atoms with Crippen LogP contribution in [0.1, 0.15) is 107 Å². The predicted molar refractivity (Wildman–Crippen MR) is 227 cm³/mol. The second-order valence-electron chi connectivity index (χ2n) is 19.6. The topological polar surface area (TPSA) is 192 Å². The van der Waals surface area contributed by atoms with Crippen LogP contribution in [0.3, 0.4) is 0 Å². The molecular formula is C50H60O15.